The highest BCUT2D eigenvalue weighted by atomic mass is 35.5. The van der Waals surface area contributed by atoms with Crippen LogP contribution < -0.4 is 0 Å². The minimum atomic E-state index is -4.03. The zero-order valence-corrected chi connectivity index (χ0v) is 12.7. The van der Waals surface area contributed by atoms with E-state index in [0.717, 1.165) is 4.31 Å². The van der Waals surface area contributed by atoms with Gasteiger partial charge in [0.1, 0.15) is 10.9 Å². The van der Waals surface area contributed by atoms with Gasteiger partial charge in [-0.3, -0.25) is 4.79 Å². The Hall–Kier alpha value is -0.820. The maximum Gasteiger partial charge on any atom is 0.322 e. The first kappa shape index (κ1) is 15.6. The third-order valence-corrected chi connectivity index (χ3v) is 6.09. The van der Waals surface area contributed by atoms with Gasteiger partial charge in [0, 0.05) is 6.54 Å². The summed E-state index contributed by atoms with van der Waals surface area (Å²) in [5.41, 5.74) is 0. The van der Waals surface area contributed by atoms with Crippen molar-refractivity contribution < 1.29 is 18.3 Å². The molecule has 1 aliphatic rings. The second-order valence-electron chi connectivity index (χ2n) is 4.52. The Bertz CT molecular complexity index is 612. The first-order chi connectivity index (χ1) is 9.35. The van der Waals surface area contributed by atoms with Crippen LogP contribution in [-0.2, 0) is 14.8 Å². The van der Waals surface area contributed by atoms with Gasteiger partial charge >= 0.3 is 5.97 Å². The molecule has 2 rings (SSSR count). The van der Waals surface area contributed by atoms with Crippen LogP contribution >= 0.6 is 23.2 Å². The normalized spacial score (nSPS) is 20.8. The number of hydrogen-bond acceptors (Lipinski definition) is 3. The third kappa shape index (κ3) is 2.79. The Kier molecular flexibility index (Phi) is 4.59. The van der Waals surface area contributed by atoms with Gasteiger partial charge < -0.3 is 5.11 Å². The molecule has 20 heavy (non-hydrogen) atoms. The van der Waals surface area contributed by atoms with Crippen LogP contribution in [0.3, 0.4) is 0 Å². The Morgan fingerprint density at radius 1 is 1.25 bits per heavy atom. The number of nitrogens with zero attached hydrogens (tertiary/aromatic N) is 1. The van der Waals surface area contributed by atoms with Gasteiger partial charge in [0.15, 0.2) is 0 Å². The monoisotopic (exact) mass is 337 g/mol. The average molecular weight is 338 g/mol. The van der Waals surface area contributed by atoms with Gasteiger partial charge in [0.2, 0.25) is 10.0 Å². The summed E-state index contributed by atoms with van der Waals surface area (Å²) in [6, 6.07) is 3.30. The van der Waals surface area contributed by atoms with Crippen LogP contribution in [-0.4, -0.2) is 36.4 Å². The second kappa shape index (κ2) is 5.89. The molecular formula is C12H13Cl2NO4S. The summed E-state index contributed by atoms with van der Waals surface area (Å²) in [5, 5.41) is 9.17. The highest BCUT2D eigenvalue weighted by Gasteiger charge is 2.39. The molecule has 1 aliphatic heterocycles. The van der Waals surface area contributed by atoms with Gasteiger partial charge in [-0.25, -0.2) is 8.42 Å². The molecule has 0 unspecified atom stereocenters. The van der Waals surface area contributed by atoms with Crippen molar-refractivity contribution in [3.63, 3.8) is 0 Å². The first-order valence-electron chi connectivity index (χ1n) is 6.04. The van der Waals surface area contributed by atoms with Gasteiger partial charge in [-0.1, -0.05) is 29.3 Å². The highest BCUT2D eigenvalue weighted by molar-refractivity contribution is 7.89. The van der Waals surface area contributed by atoms with Gasteiger partial charge in [-0.15, -0.1) is 0 Å². The molecule has 1 saturated heterocycles. The fourth-order valence-corrected chi connectivity index (χ4v) is 5.03. The SMILES string of the molecule is O=C(O)[C@@H]1CCCCN1S(=O)(=O)c1c(Cl)cccc1Cl. The smallest absolute Gasteiger partial charge is 0.322 e. The van der Waals surface area contributed by atoms with E-state index in [0.29, 0.717) is 12.8 Å². The van der Waals surface area contributed by atoms with E-state index in [1.807, 2.05) is 0 Å². The number of sulfonamides is 1. The number of aliphatic carboxylic acids is 1. The quantitative estimate of drug-likeness (QED) is 0.919. The fraction of sp³-hybridized carbons (Fsp3) is 0.417. The van der Waals surface area contributed by atoms with E-state index in [2.05, 4.69) is 0 Å². The van der Waals surface area contributed by atoms with E-state index in [1.165, 1.54) is 18.2 Å². The van der Waals surface area contributed by atoms with Crippen LogP contribution in [0.15, 0.2) is 23.1 Å². The predicted molar refractivity (Wildman–Crippen MR) is 75.6 cm³/mol. The third-order valence-electron chi connectivity index (χ3n) is 3.22. The van der Waals surface area contributed by atoms with Crippen LogP contribution in [0.5, 0.6) is 0 Å². The summed E-state index contributed by atoms with van der Waals surface area (Å²) in [7, 11) is -4.03. The summed E-state index contributed by atoms with van der Waals surface area (Å²) in [4.78, 5) is 11.0. The molecule has 1 fully saturated rings. The number of hydrogen-bond donors (Lipinski definition) is 1. The highest BCUT2D eigenvalue weighted by Crippen LogP contribution is 2.34. The van der Waals surface area contributed by atoms with E-state index in [4.69, 9.17) is 23.2 Å². The summed E-state index contributed by atoms with van der Waals surface area (Å²) in [6.45, 7) is 0.154. The molecule has 1 N–H and O–H groups in total. The van der Waals surface area contributed by atoms with E-state index in [-0.39, 0.29) is 27.9 Å². The lowest BCUT2D eigenvalue weighted by Gasteiger charge is -2.32. The molecule has 0 bridgehead atoms. The van der Waals surface area contributed by atoms with Crippen molar-refractivity contribution in [2.45, 2.75) is 30.2 Å². The van der Waals surface area contributed by atoms with Crippen molar-refractivity contribution >= 4 is 39.2 Å². The van der Waals surface area contributed by atoms with E-state index >= 15 is 0 Å². The average Bonchev–Trinajstić information content (AvgIpc) is 2.38. The number of carbonyl (C=O) groups is 1. The molecule has 5 nitrogen and oxygen atoms in total. The Morgan fingerprint density at radius 2 is 1.85 bits per heavy atom. The van der Waals surface area contributed by atoms with E-state index < -0.39 is 22.0 Å². The molecule has 0 amide bonds. The van der Waals surface area contributed by atoms with Gasteiger partial charge in [0.25, 0.3) is 0 Å². The van der Waals surface area contributed by atoms with Crippen molar-refractivity contribution in [3.8, 4) is 0 Å². The number of carboxylic acids is 1. The standard InChI is InChI=1S/C12H13Cl2NO4S/c13-8-4-3-5-9(14)11(8)20(18,19)15-7-2-1-6-10(15)12(16)17/h3-5,10H,1-2,6-7H2,(H,16,17)/t10-/m0/s1. The second-order valence-corrected chi connectivity index (χ2v) is 7.16. The minimum Gasteiger partial charge on any atom is -0.480 e. The number of benzene rings is 1. The Labute approximate surface area is 127 Å². The van der Waals surface area contributed by atoms with Crippen molar-refractivity contribution in [1.82, 2.24) is 4.31 Å². The molecule has 0 saturated carbocycles. The summed E-state index contributed by atoms with van der Waals surface area (Å²) in [6.07, 6.45) is 1.58. The van der Waals surface area contributed by atoms with Crippen LogP contribution in [0.25, 0.3) is 0 Å². The molecular weight excluding hydrogens is 325 g/mol. The molecule has 0 aliphatic carbocycles. The minimum absolute atomic E-state index is 0.00721. The number of halogens is 2. The molecule has 110 valence electrons. The van der Waals surface area contributed by atoms with Crippen molar-refractivity contribution in [1.29, 1.82) is 0 Å². The van der Waals surface area contributed by atoms with Gasteiger partial charge in [-0.2, -0.15) is 4.31 Å². The number of piperidine rings is 1. The fourth-order valence-electron chi connectivity index (χ4n) is 2.29. The van der Waals surface area contributed by atoms with Gasteiger partial charge in [0.05, 0.1) is 10.0 Å². The van der Waals surface area contributed by atoms with Crippen molar-refractivity contribution in [3.05, 3.63) is 28.2 Å². The van der Waals surface area contributed by atoms with Crippen molar-refractivity contribution in [2.24, 2.45) is 0 Å². The number of rotatable bonds is 3. The largest absolute Gasteiger partial charge is 0.480 e. The topological polar surface area (TPSA) is 74.7 Å². The van der Waals surface area contributed by atoms with Crippen LogP contribution in [0.2, 0.25) is 10.0 Å². The maximum atomic E-state index is 12.6. The lowest BCUT2D eigenvalue weighted by atomic mass is 10.1. The molecule has 1 aromatic carbocycles. The zero-order valence-electron chi connectivity index (χ0n) is 10.4. The van der Waals surface area contributed by atoms with E-state index in [1.54, 1.807) is 0 Å². The Morgan fingerprint density at radius 3 is 2.40 bits per heavy atom. The first-order valence-corrected chi connectivity index (χ1v) is 8.24. The lowest BCUT2D eigenvalue weighted by Crippen LogP contribution is -2.47. The zero-order chi connectivity index (χ0) is 14.9. The predicted octanol–water partition coefficient (Wildman–Crippen LogP) is 2.62. The van der Waals surface area contributed by atoms with Crippen LogP contribution in [0.4, 0.5) is 0 Å². The summed E-state index contributed by atoms with van der Waals surface area (Å²) in [5.74, 6) is -1.16. The Balaban J connectivity index is 2.51. The lowest BCUT2D eigenvalue weighted by molar-refractivity contribution is -0.142. The maximum absolute atomic E-state index is 12.6. The summed E-state index contributed by atoms with van der Waals surface area (Å²) >= 11 is 11.8. The molecule has 1 atom stereocenters. The number of carboxylic acid groups (broad SMARTS) is 1. The van der Waals surface area contributed by atoms with Crippen molar-refractivity contribution in [2.75, 3.05) is 6.54 Å². The summed E-state index contributed by atoms with van der Waals surface area (Å²) < 4.78 is 26.3. The van der Waals surface area contributed by atoms with Crippen LogP contribution in [0, 0.1) is 0 Å². The van der Waals surface area contributed by atoms with Gasteiger partial charge in [-0.05, 0) is 31.4 Å². The van der Waals surface area contributed by atoms with E-state index in [9.17, 15) is 18.3 Å². The molecule has 0 aromatic heterocycles. The van der Waals surface area contributed by atoms with Crippen LogP contribution in [0.1, 0.15) is 19.3 Å². The molecule has 0 spiro atoms. The molecule has 0 radical (unpaired) electrons. The molecule has 1 heterocycles. The molecule has 1 aromatic rings. The molecule has 8 heteroatoms.